The van der Waals surface area contributed by atoms with Crippen LogP contribution in [0.4, 0.5) is 19.3 Å². The molecule has 1 saturated carbocycles. The molecule has 1 heterocycles. The van der Waals surface area contributed by atoms with Crippen molar-refractivity contribution in [3.05, 3.63) is 29.8 Å². The number of amides is 4. The van der Waals surface area contributed by atoms with Crippen molar-refractivity contribution in [3.63, 3.8) is 0 Å². The van der Waals surface area contributed by atoms with Crippen molar-refractivity contribution in [3.8, 4) is 0 Å². The molecule has 25 heavy (non-hydrogen) atoms. The molecule has 0 aromatic heterocycles. The average Bonchev–Trinajstić information content (AvgIpc) is 2.74. The zero-order valence-electron chi connectivity index (χ0n) is 13.8. The number of hydrogen-bond acceptors (Lipinski definition) is 3. The number of halogens is 2. The molecular formula is C17H19F2N3O3. The maximum Gasteiger partial charge on any atom is 0.325 e. The molecule has 1 saturated heterocycles. The fourth-order valence-electron chi connectivity index (χ4n) is 3.61. The van der Waals surface area contributed by atoms with Crippen molar-refractivity contribution in [2.24, 2.45) is 5.92 Å². The molecule has 2 atom stereocenters. The SMILES string of the molecule is C[C@H]1CCCC[C@@]12NC(=O)N(CC(=O)Nc1cc(F)cc(F)c1)C2=O. The lowest BCUT2D eigenvalue weighted by molar-refractivity contribution is -0.136. The zero-order chi connectivity index (χ0) is 18.2. The summed E-state index contributed by atoms with van der Waals surface area (Å²) in [5.41, 5.74) is -1.02. The zero-order valence-corrected chi connectivity index (χ0v) is 13.8. The summed E-state index contributed by atoms with van der Waals surface area (Å²) >= 11 is 0. The molecule has 8 heteroatoms. The van der Waals surface area contributed by atoms with E-state index in [0.717, 1.165) is 36.3 Å². The van der Waals surface area contributed by atoms with Crippen LogP contribution in [-0.2, 0) is 9.59 Å². The van der Waals surface area contributed by atoms with E-state index >= 15 is 0 Å². The Bertz CT molecular complexity index is 720. The van der Waals surface area contributed by atoms with Crippen LogP contribution in [0.3, 0.4) is 0 Å². The van der Waals surface area contributed by atoms with Gasteiger partial charge in [0, 0.05) is 11.8 Å². The standard InChI is InChI=1S/C17H19F2N3O3/c1-10-4-2-3-5-17(10)15(24)22(16(25)21-17)9-14(23)20-13-7-11(18)6-12(19)8-13/h6-8,10H,2-5,9H2,1H3,(H,20,23)(H,21,25)/t10-,17+/m0/s1. The van der Waals surface area contributed by atoms with Crippen molar-refractivity contribution >= 4 is 23.5 Å². The maximum atomic E-state index is 13.2. The Morgan fingerprint density at radius 1 is 1.28 bits per heavy atom. The number of nitrogens with one attached hydrogen (secondary N) is 2. The molecule has 6 nitrogen and oxygen atoms in total. The Morgan fingerprint density at radius 2 is 1.96 bits per heavy atom. The van der Waals surface area contributed by atoms with Crippen LogP contribution < -0.4 is 10.6 Å². The van der Waals surface area contributed by atoms with Gasteiger partial charge in [-0.1, -0.05) is 19.8 Å². The molecule has 0 bridgehead atoms. The summed E-state index contributed by atoms with van der Waals surface area (Å²) in [5.74, 6) is -2.79. The first-order valence-electron chi connectivity index (χ1n) is 8.22. The molecule has 2 fully saturated rings. The first kappa shape index (κ1) is 17.3. The van der Waals surface area contributed by atoms with E-state index in [4.69, 9.17) is 0 Å². The summed E-state index contributed by atoms with van der Waals surface area (Å²) in [6.07, 6.45) is 3.21. The minimum Gasteiger partial charge on any atom is -0.324 e. The van der Waals surface area contributed by atoms with Crippen LogP contribution in [-0.4, -0.2) is 34.8 Å². The van der Waals surface area contributed by atoms with E-state index < -0.39 is 41.6 Å². The van der Waals surface area contributed by atoms with Gasteiger partial charge in [0.25, 0.3) is 5.91 Å². The summed E-state index contributed by atoms with van der Waals surface area (Å²) in [4.78, 5) is 37.9. The van der Waals surface area contributed by atoms with Crippen molar-refractivity contribution in [1.29, 1.82) is 0 Å². The first-order valence-corrected chi connectivity index (χ1v) is 8.22. The van der Waals surface area contributed by atoms with Gasteiger partial charge in [-0.3, -0.25) is 14.5 Å². The highest BCUT2D eigenvalue weighted by atomic mass is 19.1. The van der Waals surface area contributed by atoms with E-state index in [2.05, 4.69) is 10.6 Å². The minimum atomic E-state index is -0.944. The van der Waals surface area contributed by atoms with Gasteiger partial charge in [0.15, 0.2) is 0 Å². The average molecular weight is 351 g/mol. The molecule has 2 aliphatic rings. The van der Waals surface area contributed by atoms with Crippen molar-refractivity contribution in [2.75, 3.05) is 11.9 Å². The van der Waals surface area contributed by atoms with E-state index in [9.17, 15) is 23.2 Å². The molecule has 1 spiro atoms. The molecule has 1 aromatic rings. The second kappa shape index (κ2) is 6.42. The molecule has 1 aromatic carbocycles. The van der Waals surface area contributed by atoms with Crippen LogP contribution in [0.5, 0.6) is 0 Å². The van der Waals surface area contributed by atoms with Crippen LogP contribution in [0.25, 0.3) is 0 Å². The Hall–Kier alpha value is -2.51. The van der Waals surface area contributed by atoms with Crippen molar-refractivity contribution < 1.29 is 23.2 Å². The van der Waals surface area contributed by atoms with Crippen molar-refractivity contribution in [1.82, 2.24) is 10.2 Å². The lowest BCUT2D eigenvalue weighted by atomic mass is 9.73. The normalized spacial score (nSPS) is 26.0. The smallest absolute Gasteiger partial charge is 0.324 e. The quantitative estimate of drug-likeness (QED) is 0.821. The van der Waals surface area contributed by atoms with Crippen LogP contribution in [0, 0.1) is 17.6 Å². The Labute approximate surface area is 143 Å². The van der Waals surface area contributed by atoms with Crippen LogP contribution in [0.15, 0.2) is 18.2 Å². The fourth-order valence-corrected chi connectivity index (χ4v) is 3.61. The van der Waals surface area contributed by atoms with Crippen LogP contribution in [0.2, 0.25) is 0 Å². The highest BCUT2D eigenvalue weighted by Gasteiger charge is 2.55. The molecule has 3 rings (SSSR count). The molecule has 134 valence electrons. The highest BCUT2D eigenvalue weighted by molar-refractivity contribution is 6.10. The second-order valence-corrected chi connectivity index (χ2v) is 6.65. The van der Waals surface area contributed by atoms with E-state index in [-0.39, 0.29) is 11.6 Å². The number of hydrogen-bond donors (Lipinski definition) is 2. The van der Waals surface area contributed by atoms with E-state index in [1.807, 2.05) is 6.92 Å². The third kappa shape index (κ3) is 3.20. The second-order valence-electron chi connectivity index (χ2n) is 6.65. The number of rotatable bonds is 3. The third-order valence-electron chi connectivity index (χ3n) is 4.95. The molecular weight excluding hydrogens is 332 g/mol. The largest absolute Gasteiger partial charge is 0.325 e. The monoisotopic (exact) mass is 351 g/mol. The topological polar surface area (TPSA) is 78.5 Å². The van der Waals surface area contributed by atoms with Gasteiger partial charge in [-0.05, 0) is 30.9 Å². The van der Waals surface area contributed by atoms with Crippen LogP contribution >= 0.6 is 0 Å². The summed E-state index contributed by atoms with van der Waals surface area (Å²) in [6, 6.07) is 1.98. The maximum absolute atomic E-state index is 13.2. The first-order chi connectivity index (χ1) is 11.8. The Kier molecular flexibility index (Phi) is 4.45. The number of carbonyl (C=O) groups is 3. The molecule has 4 amide bonds. The van der Waals surface area contributed by atoms with Crippen molar-refractivity contribution in [2.45, 2.75) is 38.1 Å². The van der Waals surface area contributed by atoms with Gasteiger partial charge < -0.3 is 10.6 Å². The van der Waals surface area contributed by atoms with E-state index in [1.54, 1.807) is 0 Å². The molecule has 1 aliphatic heterocycles. The van der Waals surface area contributed by atoms with Gasteiger partial charge in [0.05, 0.1) is 0 Å². The summed E-state index contributed by atoms with van der Waals surface area (Å²) in [6.45, 7) is 1.41. The van der Waals surface area contributed by atoms with Gasteiger partial charge in [0.2, 0.25) is 5.91 Å². The van der Waals surface area contributed by atoms with Gasteiger partial charge >= 0.3 is 6.03 Å². The molecule has 1 aliphatic carbocycles. The van der Waals surface area contributed by atoms with Gasteiger partial charge in [-0.25, -0.2) is 13.6 Å². The Balaban J connectivity index is 1.71. The summed E-state index contributed by atoms with van der Waals surface area (Å²) < 4.78 is 26.3. The number of benzene rings is 1. The Morgan fingerprint density at radius 3 is 2.60 bits per heavy atom. The van der Waals surface area contributed by atoms with Crippen LogP contribution in [0.1, 0.15) is 32.6 Å². The lowest BCUT2D eigenvalue weighted by Gasteiger charge is -2.36. The number of nitrogens with zero attached hydrogens (tertiary/aromatic N) is 1. The number of anilines is 1. The van der Waals surface area contributed by atoms with E-state index in [1.165, 1.54) is 0 Å². The molecule has 0 radical (unpaired) electrons. The van der Waals surface area contributed by atoms with E-state index in [0.29, 0.717) is 12.5 Å². The third-order valence-corrected chi connectivity index (χ3v) is 4.95. The summed E-state index contributed by atoms with van der Waals surface area (Å²) in [7, 11) is 0. The van der Waals surface area contributed by atoms with Gasteiger partial charge in [-0.15, -0.1) is 0 Å². The predicted molar refractivity (Wildman–Crippen MR) is 85.6 cm³/mol. The minimum absolute atomic E-state index is 0.0110. The number of carbonyl (C=O) groups excluding carboxylic acids is 3. The lowest BCUT2D eigenvalue weighted by Crippen LogP contribution is -2.54. The van der Waals surface area contributed by atoms with Gasteiger partial charge in [0.1, 0.15) is 23.7 Å². The summed E-state index contributed by atoms with van der Waals surface area (Å²) in [5, 5.41) is 5.05. The van der Waals surface area contributed by atoms with Gasteiger partial charge in [-0.2, -0.15) is 0 Å². The fraction of sp³-hybridized carbons (Fsp3) is 0.471. The molecule has 2 N–H and O–H groups in total. The highest BCUT2D eigenvalue weighted by Crippen LogP contribution is 2.38. The number of urea groups is 1. The predicted octanol–water partition coefficient (Wildman–Crippen LogP) is 2.40. The molecule has 0 unspecified atom stereocenters. The number of imide groups is 1.